The molecule has 3 N–H and O–H groups in total. The molecule has 0 aliphatic carbocycles. The zero-order chi connectivity index (χ0) is 13.1. The summed E-state index contributed by atoms with van der Waals surface area (Å²) in [6.45, 7) is 4.62. The topological polar surface area (TPSA) is 80.0 Å². The second-order valence-electron chi connectivity index (χ2n) is 4.05. The predicted octanol–water partition coefficient (Wildman–Crippen LogP) is 1.47. The highest BCUT2D eigenvalue weighted by Gasteiger charge is 2.08. The van der Waals surface area contributed by atoms with E-state index in [4.69, 9.17) is 5.84 Å². The number of hydrazine groups is 1. The van der Waals surface area contributed by atoms with Gasteiger partial charge in [0.1, 0.15) is 5.82 Å². The van der Waals surface area contributed by atoms with Crippen LogP contribution in [0.2, 0.25) is 0 Å². The lowest BCUT2D eigenvalue weighted by Gasteiger charge is -2.17. The lowest BCUT2D eigenvalue weighted by molar-refractivity contribution is 0.862. The summed E-state index contributed by atoms with van der Waals surface area (Å²) in [5.41, 5.74) is 4.38. The van der Waals surface area contributed by atoms with Gasteiger partial charge in [0.2, 0.25) is 5.95 Å². The molecule has 6 nitrogen and oxygen atoms in total. The predicted molar refractivity (Wildman–Crippen MR) is 73.5 cm³/mol. The van der Waals surface area contributed by atoms with Crippen molar-refractivity contribution >= 4 is 23.1 Å². The van der Waals surface area contributed by atoms with Crippen molar-refractivity contribution in [3.63, 3.8) is 0 Å². The minimum atomic E-state index is 0.423. The molecule has 0 fully saturated rings. The molecule has 2 aromatic rings. The van der Waals surface area contributed by atoms with Gasteiger partial charge in [0.05, 0.1) is 17.2 Å². The van der Waals surface area contributed by atoms with Crippen LogP contribution < -0.4 is 16.2 Å². The zero-order valence-corrected chi connectivity index (χ0v) is 11.5. The van der Waals surface area contributed by atoms with Gasteiger partial charge in [-0.15, -0.1) is 11.3 Å². The number of nitrogens with zero attached hydrogens (tertiary/aromatic N) is 4. The molecule has 0 aromatic carbocycles. The Balaban J connectivity index is 2.17. The maximum absolute atomic E-state index is 5.34. The Bertz CT molecular complexity index is 538. The Kier molecular flexibility index (Phi) is 3.73. The normalized spacial score (nSPS) is 10.4. The lowest BCUT2D eigenvalue weighted by atomic mass is 10.4. The third-order valence-corrected chi connectivity index (χ3v) is 3.25. The highest BCUT2D eigenvalue weighted by Crippen LogP contribution is 2.16. The summed E-state index contributed by atoms with van der Waals surface area (Å²) in [5, 5.41) is 3.13. The van der Waals surface area contributed by atoms with Gasteiger partial charge >= 0.3 is 0 Å². The van der Waals surface area contributed by atoms with E-state index in [1.54, 1.807) is 11.3 Å². The molecule has 0 bridgehead atoms. The summed E-state index contributed by atoms with van der Waals surface area (Å²) in [7, 11) is 1.97. The SMILES string of the molecule is Cc1cc(N(C)Cc2csc(C)n2)nc(NN)n1. The van der Waals surface area contributed by atoms with E-state index in [1.165, 1.54) is 0 Å². The molecule has 0 saturated carbocycles. The van der Waals surface area contributed by atoms with E-state index in [1.807, 2.05) is 31.9 Å². The molecule has 2 heterocycles. The smallest absolute Gasteiger partial charge is 0.239 e. The third-order valence-electron chi connectivity index (χ3n) is 2.43. The highest BCUT2D eigenvalue weighted by molar-refractivity contribution is 7.09. The summed E-state index contributed by atoms with van der Waals surface area (Å²) in [6, 6.07) is 1.92. The van der Waals surface area contributed by atoms with E-state index >= 15 is 0 Å². The number of thiazole rings is 1. The van der Waals surface area contributed by atoms with Crippen LogP contribution in [-0.2, 0) is 6.54 Å². The number of hydrogen-bond acceptors (Lipinski definition) is 7. The molecule has 0 radical (unpaired) electrons. The maximum atomic E-state index is 5.34. The van der Waals surface area contributed by atoms with Crippen LogP contribution in [0.5, 0.6) is 0 Å². The molecule has 0 saturated heterocycles. The fraction of sp³-hybridized carbons (Fsp3) is 0.364. The molecular formula is C11H16N6S. The van der Waals surface area contributed by atoms with Crippen molar-refractivity contribution in [2.45, 2.75) is 20.4 Å². The second-order valence-corrected chi connectivity index (χ2v) is 5.11. The zero-order valence-electron chi connectivity index (χ0n) is 10.6. The number of nitrogens with two attached hydrogens (primary N) is 1. The molecule has 0 atom stereocenters. The minimum absolute atomic E-state index is 0.423. The lowest BCUT2D eigenvalue weighted by Crippen LogP contribution is -2.20. The van der Waals surface area contributed by atoms with Crippen molar-refractivity contribution in [2.24, 2.45) is 5.84 Å². The summed E-state index contributed by atoms with van der Waals surface area (Å²) in [4.78, 5) is 14.9. The Morgan fingerprint density at radius 1 is 1.33 bits per heavy atom. The molecule has 7 heteroatoms. The van der Waals surface area contributed by atoms with E-state index in [9.17, 15) is 0 Å². The first kappa shape index (κ1) is 12.7. The van der Waals surface area contributed by atoms with Crippen molar-refractivity contribution in [1.82, 2.24) is 15.0 Å². The summed E-state index contributed by atoms with van der Waals surface area (Å²) >= 11 is 1.65. The maximum Gasteiger partial charge on any atom is 0.239 e. The summed E-state index contributed by atoms with van der Waals surface area (Å²) < 4.78 is 0. The van der Waals surface area contributed by atoms with Crippen molar-refractivity contribution in [1.29, 1.82) is 0 Å². The van der Waals surface area contributed by atoms with Gasteiger partial charge in [-0.05, 0) is 13.8 Å². The van der Waals surface area contributed by atoms with Gasteiger partial charge < -0.3 is 4.90 Å². The van der Waals surface area contributed by atoms with Crippen LogP contribution in [0.25, 0.3) is 0 Å². The molecule has 0 amide bonds. The van der Waals surface area contributed by atoms with Crippen LogP contribution in [0.1, 0.15) is 16.4 Å². The number of nitrogens with one attached hydrogen (secondary N) is 1. The Morgan fingerprint density at radius 3 is 2.72 bits per heavy atom. The van der Waals surface area contributed by atoms with Crippen LogP contribution in [-0.4, -0.2) is 22.0 Å². The summed E-state index contributed by atoms with van der Waals surface area (Å²) in [5.74, 6) is 6.58. The molecule has 18 heavy (non-hydrogen) atoms. The fourth-order valence-electron chi connectivity index (χ4n) is 1.62. The average Bonchev–Trinajstić information content (AvgIpc) is 2.73. The van der Waals surface area contributed by atoms with E-state index in [0.29, 0.717) is 12.5 Å². The third kappa shape index (κ3) is 2.93. The Labute approximate surface area is 110 Å². The van der Waals surface area contributed by atoms with Crippen LogP contribution in [0.15, 0.2) is 11.4 Å². The van der Waals surface area contributed by atoms with E-state index < -0.39 is 0 Å². The van der Waals surface area contributed by atoms with Crippen LogP contribution in [0, 0.1) is 13.8 Å². The van der Waals surface area contributed by atoms with Gasteiger partial charge in [-0.25, -0.2) is 15.8 Å². The van der Waals surface area contributed by atoms with Gasteiger partial charge in [-0.1, -0.05) is 0 Å². The van der Waals surface area contributed by atoms with Crippen LogP contribution >= 0.6 is 11.3 Å². The standard InChI is InChI=1S/C11H16N6S/c1-7-4-10(15-11(13-7)16-12)17(3)5-9-6-18-8(2)14-9/h4,6H,5,12H2,1-3H3,(H,13,15,16). The number of anilines is 2. The molecule has 2 aromatic heterocycles. The van der Waals surface area contributed by atoms with Crippen molar-refractivity contribution < 1.29 is 0 Å². The number of aryl methyl sites for hydroxylation is 2. The number of aromatic nitrogens is 3. The van der Waals surface area contributed by atoms with E-state index in [0.717, 1.165) is 22.2 Å². The van der Waals surface area contributed by atoms with Crippen molar-refractivity contribution in [2.75, 3.05) is 17.4 Å². The molecule has 2 rings (SSSR count). The molecule has 0 spiro atoms. The number of rotatable bonds is 4. The first-order valence-electron chi connectivity index (χ1n) is 5.53. The Hall–Kier alpha value is -1.73. The molecular weight excluding hydrogens is 248 g/mol. The van der Waals surface area contributed by atoms with Gasteiger partial charge in [0.25, 0.3) is 0 Å². The van der Waals surface area contributed by atoms with E-state index in [-0.39, 0.29) is 0 Å². The molecule has 96 valence electrons. The van der Waals surface area contributed by atoms with Gasteiger partial charge in [0, 0.05) is 24.2 Å². The Morgan fingerprint density at radius 2 is 2.11 bits per heavy atom. The van der Waals surface area contributed by atoms with Gasteiger partial charge in [-0.2, -0.15) is 4.98 Å². The van der Waals surface area contributed by atoms with Gasteiger partial charge in [-0.3, -0.25) is 5.43 Å². The van der Waals surface area contributed by atoms with Crippen molar-refractivity contribution in [3.8, 4) is 0 Å². The van der Waals surface area contributed by atoms with Crippen molar-refractivity contribution in [3.05, 3.63) is 27.8 Å². The highest BCUT2D eigenvalue weighted by atomic mass is 32.1. The largest absolute Gasteiger partial charge is 0.354 e. The second kappa shape index (κ2) is 5.28. The van der Waals surface area contributed by atoms with Crippen LogP contribution in [0.3, 0.4) is 0 Å². The fourth-order valence-corrected chi connectivity index (χ4v) is 2.22. The quantitative estimate of drug-likeness (QED) is 0.643. The van der Waals surface area contributed by atoms with Crippen LogP contribution in [0.4, 0.5) is 11.8 Å². The number of nitrogen functional groups attached to an aromatic ring is 1. The monoisotopic (exact) mass is 264 g/mol. The molecule has 0 aliphatic heterocycles. The minimum Gasteiger partial charge on any atom is -0.354 e. The van der Waals surface area contributed by atoms with Gasteiger partial charge in [0.15, 0.2) is 0 Å². The summed E-state index contributed by atoms with van der Waals surface area (Å²) in [6.07, 6.45) is 0. The first-order valence-corrected chi connectivity index (χ1v) is 6.41. The average molecular weight is 264 g/mol. The molecule has 0 aliphatic rings. The molecule has 0 unspecified atom stereocenters. The first-order chi connectivity index (χ1) is 8.58. The van der Waals surface area contributed by atoms with E-state index in [2.05, 4.69) is 25.8 Å². The number of hydrogen-bond donors (Lipinski definition) is 2.